The van der Waals surface area contributed by atoms with Gasteiger partial charge in [-0.1, -0.05) is 25.6 Å². The van der Waals surface area contributed by atoms with Crippen LogP contribution in [-0.4, -0.2) is 45.2 Å². The number of hydrogen-bond acceptors (Lipinski definition) is 2. The predicted molar refractivity (Wildman–Crippen MR) is 103 cm³/mol. The van der Waals surface area contributed by atoms with Gasteiger partial charge in [0, 0.05) is 30.4 Å². The van der Waals surface area contributed by atoms with E-state index in [4.69, 9.17) is 0 Å². The molecular formula is C20H30N2Si. The molecule has 2 saturated heterocycles. The molecule has 2 fully saturated rings. The first kappa shape index (κ1) is 16.6. The molecule has 2 aliphatic heterocycles. The van der Waals surface area contributed by atoms with Crippen LogP contribution in [0.2, 0.25) is 19.6 Å². The molecule has 1 aromatic rings. The molecule has 0 radical (unpaired) electrons. The van der Waals surface area contributed by atoms with E-state index < -0.39 is 8.07 Å². The molecule has 2 nitrogen and oxygen atoms in total. The molecule has 2 heterocycles. The van der Waals surface area contributed by atoms with Gasteiger partial charge in [0.25, 0.3) is 0 Å². The predicted octanol–water partition coefficient (Wildman–Crippen LogP) is 3.98. The van der Waals surface area contributed by atoms with Crippen molar-refractivity contribution in [2.24, 2.45) is 0 Å². The van der Waals surface area contributed by atoms with Gasteiger partial charge in [-0.05, 0) is 63.0 Å². The first-order valence-corrected chi connectivity index (χ1v) is 12.6. The summed E-state index contributed by atoms with van der Waals surface area (Å²) >= 11 is 0. The molecule has 0 bridgehead atoms. The molecule has 0 spiro atoms. The molecule has 3 rings (SSSR count). The van der Waals surface area contributed by atoms with Gasteiger partial charge in [0.1, 0.15) is 8.07 Å². The molecule has 3 heteroatoms. The third-order valence-corrected chi connectivity index (χ3v) is 5.70. The zero-order chi connectivity index (χ0) is 16.3. The summed E-state index contributed by atoms with van der Waals surface area (Å²) in [6.07, 6.45) is 5.44. The minimum Gasteiger partial charge on any atom is -0.367 e. The second-order valence-corrected chi connectivity index (χ2v) is 12.8. The average Bonchev–Trinajstić information content (AvgIpc) is 3.17. The maximum atomic E-state index is 3.45. The zero-order valence-corrected chi connectivity index (χ0v) is 15.9. The summed E-state index contributed by atoms with van der Waals surface area (Å²) < 4.78 is 0. The van der Waals surface area contributed by atoms with Crippen LogP contribution < -0.4 is 4.90 Å². The van der Waals surface area contributed by atoms with Gasteiger partial charge in [-0.15, -0.1) is 5.54 Å². The summed E-state index contributed by atoms with van der Waals surface area (Å²) in [6, 6.07) is 9.65. The molecule has 2 aliphatic rings. The normalized spacial score (nSPS) is 22.2. The van der Waals surface area contributed by atoms with Crippen molar-refractivity contribution in [3.63, 3.8) is 0 Å². The van der Waals surface area contributed by atoms with Crippen LogP contribution in [0.15, 0.2) is 24.3 Å². The van der Waals surface area contributed by atoms with Crippen molar-refractivity contribution in [3.8, 4) is 11.5 Å². The van der Waals surface area contributed by atoms with Gasteiger partial charge in [-0.25, -0.2) is 0 Å². The van der Waals surface area contributed by atoms with Crippen molar-refractivity contribution < 1.29 is 0 Å². The maximum Gasteiger partial charge on any atom is 0.129 e. The summed E-state index contributed by atoms with van der Waals surface area (Å²) in [4.78, 5) is 5.27. The Bertz CT molecular complexity index is 570. The fraction of sp³-hybridized carbons (Fsp3) is 0.600. The largest absolute Gasteiger partial charge is 0.367 e. The third kappa shape index (κ3) is 4.62. The lowest BCUT2D eigenvalue weighted by Crippen LogP contribution is -2.39. The molecular weight excluding hydrogens is 296 g/mol. The quantitative estimate of drug-likeness (QED) is 0.612. The standard InChI is InChI=1S/C20H30N2Si/c1-23(2,3)16-12-18-8-10-19(11-9-18)22-15-6-7-20(22)17-21-13-4-5-14-21/h8-11,20H,4-7,13-15,17H2,1-3H3/t20-/m0/s1. The number of likely N-dealkylation sites (tertiary alicyclic amines) is 1. The lowest BCUT2D eigenvalue weighted by molar-refractivity contribution is 0.314. The van der Waals surface area contributed by atoms with Crippen LogP contribution in [0, 0.1) is 11.5 Å². The lowest BCUT2D eigenvalue weighted by Gasteiger charge is -2.30. The molecule has 0 N–H and O–H groups in total. The number of anilines is 1. The van der Waals surface area contributed by atoms with E-state index in [0.717, 1.165) is 5.56 Å². The third-order valence-electron chi connectivity index (χ3n) is 4.83. The molecule has 0 amide bonds. The first-order chi connectivity index (χ1) is 11.0. The fourth-order valence-electron chi connectivity index (χ4n) is 3.62. The highest BCUT2D eigenvalue weighted by Gasteiger charge is 2.27. The minimum absolute atomic E-state index is 0.701. The Kier molecular flexibility index (Phi) is 5.13. The summed E-state index contributed by atoms with van der Waals surface area (Å²) in [5.41, 5.74) is 5.99. The molecule has 124 valence electrons. The molecule has 0 saturated carbocycles. The highest BCUT2D eigenvalue weighted by Crippen LogP contribution is 2.27. The Morgan fingerprint density at radius 2 is 1.70 bits per heavy atom. The van der Waals surface area contributed by atoms with Gasteiger partial charge < -0.3 is 9.80 Å². The number of benzene rings is 1. The van der Waals surface area contributed by atoms with E-state index in [0.29, 0.717) is 6.04 Å². The fourth-order valence-corrected chi connectivity index (χ4v) is 4.14. The van der Waals surface area contributed by atoms with Crippen molar-refractivity contribution in [1.82, 2.24) is 4.90 Å². The number of nitrogens with zero attached hydrogens (tertiary/aromatic N) is 2. The molecule has 0 aromatic heterocycles. The number of hydrogen-bond donors (Lipinski definition) is 0. The highest BCUT2D eigenvalue weighted by molar-refractivity contribution is 6.83. The van der Waals surface area contributed by atoms with Crippen LogP contribution >= 0.6 is 0 Å². The number of rotatable bonds is 3. The van der Waals surface area contributed by atoms with Crippen LogP contribution in [0.3, 0.4) is 0 Å². The van der Waals surface area contributed by atoms with Crippen LogP contribution in [0.1, 0.15) is 31.2 Å². The second kappa shape index (κ2) is 7.11. The van der Waals surface area contributed by atoms with Crippen molar-refractivity contribution >= 4 is 13.8 Å². The Morgan fingerprint density at radius 3 is 2.35 bits per heavy atom. The zero-order valence-electron chi connectivity index (χ0n) is 14.9. The van der Waals surface area contributed by atoms with Crippen LogP contribution in [0.4, 0.5) is 5.69 Å². The molecule has 23 heavy (non-hydrogen) atoms. The SMILES string of the molecule is C[Si](C)(C)C#Cc1ccc(N2CCC[C@H]2CN2CCCC2)cc1. The topological polar surface area (TPSA) is 6.48 Å². The van der Waals surface area contributed by atoms with Crippen LogP contribution in [0.25, 0.3) is 0 Å². The molecule has 1 aromatic carbocycles. The van der Waals surface area contributed by atoms with E-state index in [1.807, 2.05) is 0 Å². The minimum atomic E-state index is -1.29. The van der Waals surface area contributed by atoms with E-state index >= 15 is 0 Å². The van der Waals surface area contributed by atoms with Gasteiger partial charge in [0.05, 0.1) is 0 Å². The molecule has 0 unspecified atom stereocenters. The summed E-state index contributed by atoms with van der Waals surface area (Å²) in [5, 5.41) is 0. The summed E-state index contributed by atoms with van der Waals surface area (Å²) in [6.45, 7) is 11.9. The van der Waals surface area contributed by atoms with Gasteiger partial charge >= 0.3 is 0 Å². The van der Waals surface area contributed by atoms with E-state index in [-0.39, 0.29) is 0 Å². The Labute approximate surface area is 142 Å². The smallest absolute Gasteiger partial charge is 0.129 e. The van der Waals surface area contributed by atoms with Gasteiger partial charge in [0.2, 0.25) is 0 Å². The van der Waals surface area contributed by atoms with Crippen molar-refractivity contribution in [2.75, 3.05) is 31.1 Å². The first-order valence-electron chi connectivity index (χ1n) is 9.13. The van der Waals surface area contributed by atoms with Gasteiger partial charge in [0.15, 0.2) is 0 Å². The Hall–Kier alpha value is -1.24. The van der Waals surface area contributed by atoms with E-state index in [1.54, 1.807) is 0 Å². The van der Waals surface area contributed by atoms with Crippen molar-refractivity contribution in [2.45, 2.75) is 51.4 Å². The van der Waals surface area contributed by atoms with Crippen molar-refractivity contribution in [3.05, 3.63) is 29.8 Å². The summed E-state index contributed by atoms with van der Waals surface area (Å²) in [7, 11) is -1.29. The Morgan fingerprint density at radius 1 is 1.00 bits per heavy atom. The molecule has 0 aliphatic carbocycles. The van der Waals surface area contributed by atoms with Gasteiger partial charge in [-0.3, -0.25) is 0 Å². The molecule has 1 atom stereocenters. The highest BCUT2D eigenvalue weighted by atomic mass is 28.3. The lowest BCUT2D eigenvalue weighted by atomic mass is 10.1. The van der Waals surface area contributed by atoms with E-state index in [9.17, 15) is 0 Å². The second-order valence-electron chi connectivity index (χ2n) is 8.04. The van der Waals surface area contributed by atoms with Gasteiger partial charge in [-0.2, -0.15) is 0 Å². The van der Waals surface area contributed by atoms with Crippen molar-refractivity contribution in [1.29, 1.82) is 0 Å². The monoisotopic (exact) mass is 326 g/mol. The van der Waals surface area contributed by atoms with Crippen LogP contribution in [-0.2, 0) is 0 Å². The maximum absolute atomic E-state index is 3.45. The Balaban J connectivity index is 1.66. The van der Waals surface area contributed by atoms with E-state index in [1.165, 1.54) is 57.5 Å². The average molecular weight is 327 g/mol. The van der Waals surface area contributed by atoms with Crippen LogP contribution in [0.5, 0.6) is 0 Å². The van der Waals surface area contributed by atoms with E-state index in [2.05, 4.69) is 65.2 Å². The summed E-state index contributed by atoms with van der Waals surface area (Å²) in [5.74, 6) is 3.36.